The van der Waals surface area contributed by atoms with Crippen molar-refractivity contribution in [1.29, 1.82) is 0 Å². The molecule has 0 bridgehead atoms. The highest BCUT2D eigenvalue weighted by atomic mass is 16.3. The summed E-state index contributed by atoms with van der Waals surface area (Å²) in [4.78, 5) is 0. The fraction of sp³-hybridized carbons (Fsp3) is 0.0833. The summed E-state index contributed by atoms with van der Waals surface area (Å²) in [5, 5.41) is 42.3. The van der Waals surface area contributed by atoms with E-state index < -0.39 is 0 Å². The van der Waals surface area contributed by atoms with Crippen LogP contribution < -0.4 is 9.13 Å². The Balaban J connectivity index is 1.79. The molecule has 2 aromatic carbocycles. The van der Waals surface area contributed by atoms with E-state index in [0.717, 1.165) is 11.1 Å². The van der Waals surface area contributed by atoms with Crippen LogP contribution in [-0.2, 0) is 0 Å². The average Bonchev–Trinajstić information content (AvgIpc) is 2.72. The largest absolute Gasteiger partial charge is 0.507 e. The Hall–Kier alpha value is -4.06. The van der Waals surface area contributed by atoms with Gasteiger partial charge in [0.25, 0.3) is 11.4 Å². The second kappa shape index (κ2) is 7.40. The van der Waals surface area contributed by atoms with Crippen molar-refractivity contribution in [1.82, 2.24) is 0 Å². The van der Waals surface area contributed by atoms with Crippen LogP contribution in [0.4, 0.5) is 0 Å². The van der Waals surface area contributed by atoms with Gasteiger partial charge in [0.2, 0.25) is 0 Å². The van der Waals surface area contributed by atoms with E-state index in [1.165, 1.54) is 24.3 Å². The highest BCUT2D eigenvalue weighted by Crippen LogP contribution is 2.41. The molecule has 0 aliphatic heterocycles. The molecule has 0 saturated heterocycles. The van der Waals surface area contributed by atoms with Crippen LogP contribution in [0.3, 0.4) is 0 Å². The predicted molar refractivity (Wildman–Crippen MR) is 111 cm³/mol. The first-order valence-corrected chi connectivity index (χ1v) is 9.42. The molecule has 0 amide bonds. The van der Waals surface area contributed by atoms with Gasteiger partial charge < -0.3 is 20.4 Å². The van der Waals surface area contributed by atoms with Gasteiger partial charge in [-0.1, -0.05) is 0 Å². The zero-order chi connectivity index (χ0) is 21.4. The lowest BCUT2D eigenvalue weighted by atomic mass is 10.0. The van der Waals surface area contributed by atoms with Gasteiger partial charge in [-0.05, 0) is 37.1 Å². The predicted octanol–water partition coefficient (Wildman–Crippen LogP) is 3.35. The van der Waals surface area contributed by atoms with Crippen molar-refractivity contribution in [3.63, 3.8) is 0 Å². The van der Waals surface area contributed by atoms with Crippen molar-refractivity contribution in [2.75, 3.05) is 0 Å². The number of nitrogens with zero attached hydrogens (tertiary/aromatic N) is 2. The maximum atomic E-state index is 10.6. The van der Waals surface area contributed by atoms with Gasteiger partial charge in [0, 0.05) is 35.4 Å². The standard InChI is InChI=1S/C24H20N2O4/c1-15-3-7-25(8-4-15)19-13-21(27)17(11-23(19)29)18-12-24(30)20(14-22(18)28)26-9-5-16(2)6-10-26/h3-14H,1-2H3,(H2-2,27,28,29,30)/p+2. The molecule has 0 radical (unpaired) electrons. The third-order valence-electron chi connectivity index (χ3n) is 5.02. The average molecular weight is 402 g/mol. The highest BCUT2D eigenvalue weighted by Gasteiger charge is 2.22. The maximum Gasteiger partial charge on any atom is 0.256 e. The summed E-state index contributed by atoms with van der Waals surface area (Å²) in [7, 11) is 0. The third kappa shape index (κ3) is 3.51. The molecule has 0 fully saturated rings. The molecule has 2 heterocycles. The fourth-order valence-electron chi connectivity index (χ4n) is 3.30. The van der Waals surface area contributed by atoms with E-state index in [1.54, 1.807) is 33.9 Å². The van der Waals surface area contributed by atoms with Crippen LogP contribution in [0.15, 0.2) is 73.3 Å². The zero-order valence-electron chi connectivity index (χ0n) is 16.6. The first-order chi connectivity index (χ1) is 14.3. The molecule has 6 nitrogen and oxygen atoms in total. The summed E-state index contributed by atoms with van der Waals surface area (Å²) in [6.45, 7) is 3.91. The van der Waals surface area contributed by atoms with Crippen LogP contribution in [0, 0.1) is 13.8 Å². The second-order valence-electron chi connectivity index (χ2n) is 7.28. The molecule has 0 saturated carbocycles. The Labute approximate surface area is 173 Å². The van der Waals surface area contributed by atoms with Gasteiger partial charge in [0.15, 0.2) is 36.3 Å². The highest BCUT2D eigenvalue weighted by molar-refractivity contribution is 5.80. The van der Waals surface area contributed by atoms with Crippen LogP contribution in [0.2, 0.25) is 0 Å². The molecule has 4 rings (SSSR count). The number of aromatic nitrogens is 2. The van der Waals surface area contributed by atoms with Crippen LogP contribution in [0.5, 0.6) is 23.0 Å². The minimum Gasteiger partial charge on any atom is -0.507 e. The lowest BCUT2D eigenvalue weighted by Crippen LogP contribution is -2.29. The number of hydrogen-bond donors (Lipinski definition) is 4. The number of aryl methyl sites for hydroxylation is 2. The summed E-state index contributed by atoms with van der Waals surface area (Å²) in [5.41, 5.74) is 3.34. The number of benzene rings is 2. The number of phenols is 4. The number of hydrogen-bond acceptors (Lipinski definition) is 4. The van der Waals surface area contributed by atoms with Crippen molar-refractivity contribution in [2.24, 2.45) is 0 Å². The van der Waals surface area contributed by atoms with Crippen molar-refractivity contribution in [2.45, 2.75) is 13.8 Å². The second-order valence-corrected chi connectivity index (χ2v) is 7.28. The van der Waals surface area contributed by atoms with Gasteiger partial charge in [0.05, 0.1) is 12.1 Å². The molecule has 150 valence electrons. The summed E-state index contributed by atoms with van der Waals surface area (Å²) < 4.78 is 3.36. The first kappa shape index (κ1) is 19.3. The lowest BCUT2D eigenvalue weighted by Gasteiger charge is -2.10. The molecule has 4 aromatic rings. The summed E-state index contributed by atoms with van der Waals surface area (Å²) in [6.07, 6.45) is 7.11. The first-order valence-electron chi connectivity index (χ1n) is 9.42. The summed E-state index contributed by atoms with van der Waals surface area (Å²) >= 11 is 0. The van der Waals surface area contributed by atoms with Gasteiger partial charge in [-0.15, -0.1) is 0 Å². The molecule has 0 atom stereocenters. The van der Waals surface area contributed by atoms with E-state index in [4.69, 9.17) is 0 Å². The Bertz CT molecular complexity index is 1130. The van der Waals surface area contributed by atoms with Gasteiger partial charge >= 0.3 is 0 Å². The molecule has 2 aromatic heterocycles. The Kier molecular flexibility index (Phi) is 4.75. The molecule has 0 spiro atoms. The number of rotatable bonds is 3. The fourth-order valence-corrected chi connectivity index (χ4v) is 3.30. The third-order valence-corrected chi connectivity index (χ3v) is 5.02. The summed E-state index contributed by atoms with van der Waals surface area (Å²) in [5.74, 6) is -0.428. The van der Waals surface area contributed by atoms with E-state index in [1.807, 2.05) is 38.1 Å². The Morgan fingerprint density at radius 1 is 0.500 bits per heavy atom. The minimum atomic E-state index is -0.138. The summed E-state index contributed by atoms with van der Waals surface area (Å²) in [6, 6.07) is 13.1. The van der Waals surface area contributed by atoms with Crippen molar-refractivity contribution in [3.05, 3.63) is 84.4 Å². The molecular formula is C24H22N2O4+2. The lowest BCUT2D eigenvalue weighted by molar-refractivity contribution is -0.596. The zero-order valence-corrected chi connectivity index (χ0v) is 16.6. The van der Waals surface area contributed by atoms with Gasteiger partial charge in [-0.25, -0.2) is 0 Å². The van der Waals surface area contributed by atoms with E-state index >= 15 is 0 Å². The molecule has 4 N–H and O–H groups in total. The van der Waals surface area contributed by atoms with Crippen LogP contribution >= 0.6 is 0 Å². The van der Waals surface area contributed by atoms with E-state index in [-0.39, 0.29) is 34.1 Å². The topological polar surface area (TPSA) is 88.7 Å². The number of aromatic hydroxyl groups is 4. The monoisotopic (exact) mass is 402 g/mol. The van der Waals surface area contributed by atoms with E-state index in [2.05, 4.69) is 0 Å². The molecule has 6 heteroatoms. The van der Waals surface area contributed by atoms with Crippen molar-refractivity contribution >= 4 is 0 Å². The number of pyridine rings is 2. The van der Waals surface area contributed by atoms with Gasteiger partial charge in [0.1, 0.15) is 11.5 Å². The Morgan fingerprint density at radius 2 is 0.833 bits per heavy atom. The molecule has 0 unspecified atom stereocenters. The van der Waals surface area contributed by atoms with E-state index in [0.29, 0.717) is 11.4 Å². The van der Waals surface area contributed by atoms with Gasteiger partial charge in [-0.2, -0.15) is 9.13 Å². The Morgan fingerprint density at radius 3 is 1.17 bits per heavy atom. The maximum absolute atomic E-state index is 10.6. The van der Waals surface area contributed by atoms with E-state index in [9.17, 15) is 20.4 Å². The molecular weight excluding hydrogens is 380 g/mol. The van der Waals surface area contributed by atoms with Crippen LogP contribution in [-0.4, -0.2) is 20.4 Å². The minimum absolute atomic E-state index is 0.0764. The molecule has 0 aliphatic rings. The van der Waals surface area contributed by atoms with Crippen LogP contribution in [0.1, 0.15) is 11.1 Å². The smallest absolute Gasteiger partial charge is 0.256 e. The SMILES string of the molecule is Cc1cc[n+](-c2cc(O)c(-c3cc(O)c(-[n+]4ccc(C)cc4)cc3O)cc2O)cc1. The quantitative estimate of drug-likeness (QED) is 0.313. The number of phenolic OH excluding ortho intramolecular Hbond substituents is 4. The van der Waals surface area contributed by atoms with Crippen LogP contribution in [0.25, 0.3) is 22.5 Å². The van der Waals surface area contributed by atoms with Crippen molar-refractivity contribution in [3.8, 4) is 45.5 Å². The molecule has 0 aliphatic carbocycles. The normalized spacial score (nSPS) is 10.9. The van der Waals surface area contributed by atoms with Gasteiger partial charge in [-0.3, -0.25) is 0 Å². The molecule has 30 heavy (non-hydrogen) atoms. The van der Waals surface area contributed by atoms with Crippen molar-refractivity contribution < 1.29 is 29.6 Å².